The average Bonchev–Trinajstić information content (AvgIpc) is 2.79. The van der Waals surface area contributed by atoms with Crippen molar-refractivity contribution in [1.29, 1.82) is 5.26 Å². The molecular formula is C11H13N3S. The maximum Gasteiger partial charge on any atom is 0.101 e. The molecule has 0 amide bonds. The molecular weight excluding hydrogens is 206 g/mol. The molecule has 0 aromatic carbocycles. The summed E-state index contributed by atoms with van der Waals surface area (Å²) in [6.45, 7) is 0.936. The molecule has 0 spiro atoms. The van der Waals surface area contributed by atoms with Crippen molar-refractivity contribution >= 4 is 17.4 Å². The number of hydrogen-bond donors (Lipinski definition) is 1. The van der Waals surface area contributed by atoms with Crippen LogP contribution in [0.5, 0.6) is 0 Å². The molecule has 78 valence electrons. The number of nitriles is 1. The first-order valence-electron chi connectivity index (χ1n) is 5.10. The van der Waals surface area contributed by atoms with Crippen LogP contribution < -0.4 is 5.32 Å². The average molecular weight is 219 g/mol. The predicted molar refractivity (Wildman–Crippen MR) is 62.9 cm³/mol. The van der Waals surface area contributed by atoms with E-state index in [1.807, 2.05) is 11.8 Å². The van der Waals surface area contributed by atoms with Gasteiger partial charge in [-0.15, -0.1) is 0 Å². The van der Waals surface area contributed by atoms with Crippen LogP contribution in [0.4, 0.5) is 5.69 Å². The minimum Gasteiger partial charge on any atom is -0.382 e. The van der Waals surface area contributed by atoms with Crippen molar-refractivity contribution < 1.29 is 0 Å². The molecule has 1 aliphatic heterocycles. The Balaban J connectivity index is 1.95. The van der Waals surface area contributed by atoms with E-state index in [1.165, 1.54) is 18.6 Å². The number of aromatic nitrogens is 1. The van der Waals surface area contributed by atoms with Gasteiger partial charge in [-0.25, -0.2) is 0 Å². The molecule has 1 atom stereocenters. The number of anilines is 1. The largest absolute Gasteiger partial charge is 0.382 e. The van der Waals surface area contributed by atoms with Gasteiger partial charge in [0.15, 0.2) is 0 Å². The van der Waals surface area contributed by atoms with Crippen molar-refractivity contribution in [2.24, 2.45) is 0 Å². The first kappa shape index (κ1) is 10.3. The molecule has 15 heavy (non-hydrogen) atoms. The summed E-state index contributed by atoms with van der Waals surface area (Å²) in [5.74, 6) is 1.27. The van der Waals surface area contributed by atoms with Crippen molar-refractivity contribution in [2.45, 2.75) is 18.1 Å². The van der Waals surface area contributed by atoms with E-state index in [4.69, 9.17) is 5.26 Å². The van der Waals surface area contributed by atoms with E-state index < -0.39 is 0 Å². The molecule has 1 saturated heterocycles. The minimum absolute atomic E-state index is 0.674. The molecule has 0 radical (unpaired) electrons. The SMILES string of the molecule is N#Cc1ccncc1NCC1CCCS1. The van der Waals surface area contributed by atoms with Gasteiger partial charge in [0.05, 0.1) is 17.4 Å². The second kappa shape index (κ2) is 5.04. The highest BCUT2D eigenvalue weighted by Gasteiger charge is 2.15. The maximum atomic E-state index is 8.89. The van der Waals surface area contributed by atoms with Gasteiger partial charge in [-0.2, -0.15) is 17.0 Å². The lowest BCUT2D eigenvalue weighted by Crippen LogP contribution is -2.14. The predicted octanol–water partition coefficient (Wildman–Crippen LogP) is 2.26. The van der Waals surface area contributed by atoms with E-state index in [-0.39, 0.29) is 0 Å². The van der Waals surface area contributed by atoms with Gasteiger partial charge in [0.25, 0.3) is 0 Å². The molecule has 1 aliphatic rings. The second-order valence-corrected chi connectivity index (χ2v) is 4.96. The summed E-state index contributed by atoms with van der Waals surface area (Å²) in [6, 6.07) is 3.90. The molecule has 4 heteroatoms. The molecule has 0 aliphatic carbocycles. The lowest BCUT2D eigenvalue weighted by atomic mass is 10.2. The number of thioether (sulfide) groups is 1. The van der Waals surface area contributed by atoms with Gasteiger partial charge in [-0.05, 0) is 24.7 Å². The van der Waals surface area contributed by atoms with E-state index >= 15 is 0 Å². The van der Waals surface area contributed by atoms with Gasteiger partial charge >= 0.3 is 0 Å². The Morgan fingerprint density at radius 1 is 1.67 bits per heavy atom. The van der Waals surface area contributed by atoms with Crippen LogP contribution >= 0.6 is 11.8 Å². The molecule has 0 bridgehead atoms. The van der Waals surface area contributed by atoms with Crippen molar-refractivity contribution in [3.05, 3.63) is 24.0 Å². The van der Waals surface area contributed by atoms with E-state index in [0.717, 1.165) is 12.2 Å². The lowest BCUT2D eigenvalue weighted by molar-refractivity contribution is 0.805. The quantitative estimate of drug-likeness (QED) is 0.847. The molecule has 0 saturated carbocycles. The summed E-state index contributed by atoms with van der Waals surface area (Å²) in [7, 11) is 0. The smallest absolute Gasteiger partial charge is 0.101 e. The van der Waals surface area contributed by atoms with Gasteiger partial charge in [-0.3, -0.25) is 4.98 Å². The molecule has 1 aromatic heterocycles. The fourth-order valence-corrected chi connectivity index (χ4v) is 2.86. The first-order valence-corrected chi connectivity index (χ1v) is 6.14. The Morgan fingerprint density at radius 2 is 2.60 bits per heavy atom. The molecule has 2 heterocycles. The first-order chi connectivity index (χ1) is 7.40. The zero-order chi connectivity index (χ0) is 10.5. The van der Waals surface area contributed by atoms with Gasteiger partial charge < -0.3 is 5.32 Å². The van der Waals surface area contributed by atoms with Crippen LogP contribution in [-0.4, -0.2) is 22.5 Å². The second-order valence-electron chi connectivity index (χ2n) is 3.55. The summed E-state index contributed by atoms with van der Waals surface area (Å²) in [6.07, 6.45) is 5.96. The van der Waals surface area contributed by atoms with Crippen LogP contribution in [0.25, 0.3) is 0 Å². The van der Waals surface area contributed by atoms with Crippen LogP contribution in [-0.2, 0) is 0 Å². The van der Waals surface area contributed by atoms with Crippen LogP contribution in [0.15, 0.2) is 18.5 Å². The van der Waals surface area contributed by atoms with Crippen LogP contribution in [0.3, 0.4) is 0 Å². The monoisotopic (exact) mass is 219 g/mol. The van der Waals surface area contributed by atoms with E-state index in [2.05, 4.69) is 16.4 Å². The van der Waals surface area contributed by atoms with Crippen LogP contribution in [0.1, 0.15) is 18.4 Å². The van der Waals surface area contributed by atoms with Gasteiger partial charge in [0.1, 0.15) is 6.07 Å². The maximum absolute atomic E-state index is 8.89. The summed E-state index contributed by atoms with van der Waals surface area (Å²) in [4.78, 5) is 4.02. The molecule has 1 N–H and O–H groups in total. The zero-order valence-electron chi connectivity index (χ0n) is 8.44. The highest BCUT2D eigenvalue weighted by Crippen LogP contribution is 2.26. The summed E-state index contributed by atoms with van der Waals surface area (Å²) in [5, 5.41) is 12.9. The summed E-state index contributed by atoms with van der Waals surface area (Å²) < 4.78 is 0. The van der Waals surface area contributed by atoms with Crippen molar-refractivity contribution in [3.8, 4) is 6.07 Å². The Labute approximate surface area is 93.9 Å². The summed E-state index contributed by atoms with van der Waals surface area (Å²) in [5.41, 5.74) is 1.53. The number of nitrogens with zero attached hydrogens (tertiary/aromatic N) is 2. The van der Waals surface area contributed by atoms with E-state index in [0.29, 0.717) is 10.8 Å². The third-order valence-electron chi connectivity index (χ3n) is 2.49. The van der Waals surface area contributed by atoms with Crippen LogP contribution in [0.2, 0.25) is 0 Å². The normalized spacial score (nSPS) is 19.8. The Morgan fingerprint density at radius 3 is 3.33 bits per heavy atom. The standard InChI is InChI=1S/C11H13N3S/c12-6-9-3-4-13-8-11(9)14-7-10-2-1-5-15-10/h3-4,8,10,14H,1-2,5,7H2. The fourth-order valence-electron chi connectivity index (χ4n) is 1.66. The highest BCUT2D eigenvalue weighted by molar-refractivity contribution is 8.00. The lowest BCUT2D eigenvalue weighted by Gasteiger charge is -2.11. The molecule has 1 aromatic rings. The number of rotatable bonds is 3. The third-order valence-corrected chi connectivity index (χ3v) is 3.88. The van der Waals surface area contributed by atoms with Gasteiger partial charge in [0.2, 0.25) is 0 Å². The minimum atomic E-state index is 0.674. The molecule has 3 nitrogen and oxygen atoms in total. The number of nitrogens with one attached hydrogen (secondary N) is 1. The summed E-state index contributed by atoms with van der Waals surface area (Å²) >= 11 is 2.01. The number of pyridine rings is 1. The van der Waals surface area contributed by atoms with E-state index in [1.54, 1.807) is 18.5 Å². The Hall–Kier alpha value is -1.21. The molecule has 2 rings (SSSR count). The van der Waals surface area contributed by atoms with Crippen molar-refractivity contribution in [1.82, 2.24) is 4.98 Å². The third kappa shape index (κ3) is 2.63. The Kier molecular flexibility index (Phi) is 3.46. The number of hydrogen-bond acceptors (Lipinski definition) is 4. The van der Waals surface area contributed by atoms with E-state index in [9.17, 15) is 0 Å². The van der Waals surface area contributed by atoms with Crippen LogP contribution in [0, 0.1) is 11.3 Å². The zero-order valence-corrected chi connectivity index (χ0v) is 9.26. The molecule has 1 unspecified atom stereocenters. The van der Waals surface area contributed by atoms with Crippen molar-refractivity contribution in [2.75, 3.05) is 17.6 Å². The van der Waals surface area contributed by atoms with Gasteiger partial charge in [-0.1, -0.05) is 0 Å². The van der Waals surface area contributed by atoms with Gasteiger partial charge in [0, 0.05) is 18.0 Å². The topological polar surface area (TPSA) is 48.7 Å². The molecule has 1 fully saturated rings. The highest BCUT2D eigenvalue weighted by atomic mass is 32.2. The fraction of sp³-hybridized carbons (Fsp3) is 0.455. The van der Waals surface area contributed by atoms with Crippen molar-refractivity contribution in [3.63, 3.8) is 0 Å². The Bertz CT molecular complexity index is 366.